The number of carbonyl (C=O) groups excluding carboxylic acids is 1. The first kappa shape index (κ1) is 26.5. The summed E-state index contributed by atoms with van der Waals surface area (Å²) in [7, 11) is 0. The zero-order chi connectivity index (χ0) is 22.9. The fourth-order valence-corrected chi connectivity index (χ4v) is 2.87. The Hall–Kier alpha value is -1.53. The van der Waals surface area contributed by atoms with Gasteiger partial charge in [-0.2, -0.15) is 0 Å². The average molecular weight is 451 g/mol. The molecule has 0 radical (unpaired) electrons. The van der Waals surface area contributed by atoms with Crippen molar-refractivity contribution in [3.05, 3.63) is 24.3 Å². The number of esters is 1. The Labute approximate surface area is 193 Å². The van der Waals surface area contributed by atoms with Crippen molar-refractivity contribution in [2.45, 2.75) is 74.1 Å². The number of anilines is 2. The van der Waals surface area contributed by atoms with Crippen molar-refractivity contribution in [3.8, 4) is 0 Å². The summed E-state index contributed by atoms with van der Waals surface area (Å²) in [4.78, 5) is 13.6. The van der Waals surface area contributed by atoms with Gasteiger partial charge >= 0.3 is 5.97 Å². The van der Waals surface area contributed by atoms with E-state index in [4.69, 9.17) is 29.2 Å². The SMILES string of the molecule is CC(CCC(C)(C)C)C(=O)OCCCC(=S)Nc1ccc(NC(=S)C(C)(C)C)cc1. The van der Waals surface area contributed by atoms with Gasteiger partial charge in [-0.1, -0.05) is 72.9 Å². The second kappa shape index (κ2) is 11.8. The zero-order valence-corrected chi connectivity index (χ0v) is 21.2. The van der Waals surface area contributed by atoms with Gasteiger partial charge in [0.25, 0.3) is 0 Å². The normalized spacial score (nSPS) is 12.8. The van der Waals surface area contributed by atoms with Crippen molar-refractivity contribution in [2.24, 2.45) is 16.7 Å². The van der Waals surface area contributed by atoms with E-state index in [0.29, 0.717) is 19.4 Å². The van der Waals surface area contributed by atoms with E-state index in [1.165, 1.54) is 0 Å². The second-order valence-electron chi connectivity index (χ2n) is 10.1. The molecule has 0 aliphatic heterocycles. The molecule has 1 rings (SSSR count). The summed E-state index contributed by atoms with van der Waals surface area (Å²) in [5.41, 5.74) is 2.06. The fourth-order valence-electron chi connectivity index (χ4n) is 2.49. The Bertz CT molecular complexity index is 716. The number of thiocarbonyl (C=S) groups is 2. The number of hydrogen-bond donors (Lipinski definition) is 2. The highest BCUT2D eigenvalue weighted by Crippen LogP contribution is 2.24. The first-order chi connectivity index (χ1) is 13.8. The molecule has 1 unspecified atom stereocenters. The monoisotopic (exact) mass is 450 g/mol. The van der Waals surface area contributed by atoms with Gasteiger partial charge in [0.15, 0.2) is 0 Å². The Balaban J connectivity index is 2.31. The van der Waals surface area contributed by atoms with Gasteiger partial charge in [0, 0.05) is 23.2 Å². The van der Waals surface area contributed by atoms with Crippen molar-refractivity contribution in [1.82, 2.24) is 0 Å². The molecule has 0 fully saturated rings. The largest absolute Gasteiger partial charge is 0.465 e. The van der Waals surface area contributed by atoms with E-state index < -0.39 is 0 Å². The summed E-state index contributed by atoms with van der Waals surface area (Å²) in [5, 5.41) is 6.49. The summed E-state index contributed by atoms with van der Waals surface area (Å²) >= 11 is 10.8. The van der Waals surface area contributed by atoms with Crippen molar-refractivity contribution >= 4 is 51.8 Å². The van der Waals surface area contributed by atoms with Gasteiger partial charge in [0.2, 0.25) is 0 Å². The van der Waals surface area contributed by atoms with Crippen LogP contribution in [0.3, 0.4) is 0 Å². The quantitative estimate of drug-likeness (QED) is 0.240. The zero-order valence-electron chi connectivity index (χ0n) is 19.6. The summed E-state index contributed by atoms with van der Waals surface area (Å²) < 4.78 is 5.40. The number of ether oxygens (including phenoxy) is 1. The van der Waals surface area contributed by atoms with E-state index in [2.05, 4.69) is 52.2 Å². The summed E-state index contributed by atoms with van der Waals surface area (Å²) in [6.45, 7) is 15.1. The molecule has 1 aromatic carbocycles. The molecule has 0 saturated heterocycles. The van der Waals surface area contributed by atoms with Gasteiger partial charge in [-0.15, -0.1) is 0 Å². The van der Waals surface area contributed by atoms with E-state index in [0.717, 1.165) is 34.2 Å². The van der Waals surface area contributed by atoms with Gasteiger partial charge in [-0.05, 0) is 48.9 Å². The van der Waals surface area contributed by atoms with Crippen LogP contribution < -0.4 is 10.6 Å². The lowest BCUT2D eigenvalue weighted by atomic mass is 9.87. The Morgan fingerprint density at radius 3 is 2.03 bits per heavy atom. The predicted octanol–water partition coefficient (Wildman–Crippen LogP) is 7.00. The van der Waals surface area contributed by atoms with Crippen molar-refractivity contribution in [3.63, 3.8) is 0 Å². The van der Waals surface area contributed by atoms with Crippen LogP contribution in [-0.4, -0.2) is 22.6 Å². The smallest absolute Gasteiger partial charge is 0.308 e. The first-order valence-corrected chi connectivity index (χ1v) is 11.5. The first-order valence-electron chi connectivity index (χ1n) is 10.7. The molecule has 0 heterocycles. The highest BCUT2D eigenvalue weighted by molar-refractivity contribution is 7.80. The van der Waals surface area contributed by atoms with E-state index in [1.807, 2.05) is 31.2 Å². The summed E-state index contributed by atoms with van der Waals surface area (Å²) in [6, 6.07) is 7.89. The topological polar surface area (TPSA) is 50.4 Å². The number of hydrogen-bond acceptors (Lipinski definition) is 4. The lowest BCUT2D eigenvalue weighted by Crippen LogP contribution is -2.25. The Morgan fingerprint density at radius 2 is 1.53 bits per heavy atom. The average Bonchev–Trinajstić information content (AvgIpc) is 2.63. The van der Waals surface area contributed by atoms with Crippen molar-refractivity contribution < 1.29 is 9.53 Å². The second-order valence-corrected chi connectivity index (χ2v) is 11.0. The lowest BCUT2D eigenvalue weighted by Gasteiger charge is -2.21. The molecule has 1 atom stereocenters. The minimum atomic E-state index is -0.116. The van der Waals surface area contributed by atoms with E-state index in [-0.39, 0.29) is 22.7 Å². The van der Waals surface area contributed by atoms with Crippen LogP contribution >= 0.6 is 24.4 Å². The third-order valence-electron chi connectivity index (χ3n) is 4.63. The number of carbonyl (C=O) groups is 1. The van der Waals surface area contributed by atoms with E-state index in [9.17, 15) is 4.79 Å². The van der Waals surface area contributed by atoms with Crippen LogP contribution in [0.2, 0.25) is 0 Å². The standard InChI is InChI=1S/C24H38N2O2S2/c1-17(14-15-23(2,3)4)21(27)28-16-8-9-20(29)25-18-10-12-19(13-11-18)26-22(30)24(5,6)7/h10-13,17H,8-9,14-16H2,1-7H3,(H,25,29)(H,26,30). The summed E-state index contributed by atoms with van der Waals surface area (Å²) in [5.74, 6) is -0.179. The molecular formula is C24H38N2O2S2. The third-order valence-corrected chi connectivity index (χ3v) is 5.65. The molecule has 0 aromatic heterocycles. The number of nitrogens with one attached hydrogen (secondary N) is 2. The van der Waals surface area contributed by atoms with Gasteiger partial charge in [0.1, 0.15) is 0 Å². The molecule has 0 aliphatic carbocycles. The van der Waals surface area contributed by atoms with Crippen LogP contribution in [-0.2, 0) is 9.53 Å². The van der Waals surface area contributed by atoms with Gasteiger partial charge in [-0.25, -0.2) is 0 Å². The van der Waals surface area contributed by atoms with Gasteiger partial charge < -0.3 is 15.4 Å². The van der Waals surface area contributed by atoms with Crippen LogP contribution in [0.1, 0.15) is 74.1 Å². The van der Waals surface area contributed by atoms with Crippen LogP contribution in [0, 0.1) is 16.7 Å². The highest BCUT2D eigenvalue weighted by atomic mass is 32.1. The minimum Gasteiger partial charge on any atom is -0.465 e. The molecular weight excluding hydrogens is 412 g/mol. The molecule has 0 bridgehead atoms. The maximum atomic E-state index is 12.1. The molecule has 0 amide bonds. The molecule has 0 saturated carbocycles. The van der Waals surface area contributed by atoms with Gasteiger partial charge in [0.05, 0.1) is 22.5 Å². The Kier molecular flexibility index (Phi) is 10.4. The van der Waals surface area contributed by atoms with Gasteiger partial charge in [-0.3, -0.25) is 4.79 Å². The third kappa shape index (κ3) is 11.0. The van der Waals surface area contributed by atoms with E-state index >= 15 is 0 Å². The molecule has 0 spiro atoms. The van der Waals surface area contributed by atoms with E-state index in [1.54, 1.807) is 0 Å². The Morgan fingerprint density at radius 1 is 1.00 bits per heavy atom. The van der Waals surface area contributed by atoms with Crippen LogP contribution in [0.15, 0.2) is 24.3 Å². The molecule has 6 heteroatoms. The summed E-state index contributed by atoms with van der Waals surface area (Å²) in [6.07, 6.45) is 3.25. The number of benzene rings is 1. The molecule has 30 heavy (non-hydrogen) atoms. The maximum Gasteiger partial charge on any atom is 0.308 e. The minimum absolute atomic E-state index is 0.0624. The van der Waals surface area contributed by atoms with Crippen molar-refractivity contribution in [2.75, 3.05) is 17.2 Å². The van der Waals surface area contributed by atoms with Crippen LogP contribution in [0.4, 0.5) is 11.4 Å². The highest BCUT2D eigenvalue weighted by Gasteiger charge is 2.19. The molecule has 1 aromatic rings. The van der Waals surface area contributed by atoms with Crippen molar-refractivity contribution in [1.29, 1.82) is 0 Å². The lowest BCUT2D eigenvalue weighted by molar-refractivity contribution is -0.148. The number of rotatable bonds is 9. The predicted molar refractivity (Wildman–Crippen MR) is 136 cm³/mol. The molecule has 0 aliphatic rings. The van der Waals surface area contributed by atoms with Crippen LogP contribution in [0.25, 0.3) is 0 Å². The van der Waals surface area contributed by atoms with Crippen LogP contribution in [0.5, 0.6) is 0 Å². The molecule has 168 valence electrons. The molecule has 4 nitrogen and oxygen atoms in total. The molecule has 2 N–H and O–H groups in total. The maximum absolute atomic E-state index is 12.1. The fraction of sp³-hybridized carbons (Fsp3) is 0.625.